The molecule has 0 radical (unpaired) electrons. The highest BCUT2D eigenvalue weighted by Crippen LogP contribution is 2.24. The number of nitrogens with one attached hydrogen (secondary N) is 2. The second kappa shape index (κ2) is 7.23. The number of amides is 1. The molecule has 3 heteroatoms. The summed E-state index contributed by atoms with van der Waals surface area (Å²) in [7, 11) is 0. The van der Waals surface area contributed by atoms with Gasteiger partial charge in [0.05, 0.1) is 6.04 Å². The van der Waals surface area contributed by atoms with Gasteiger partial charge in [-0.3, -0.25) is 4.79 Å². The van der Waals surface area contributed by atoms with Crippen molar-refractivity contribution < 1.29 is 4.79 Å². The summed E-state index contributed by atoms with van der Waals surface area (Å²) in [6, 6.07) is 14.5. The van der Waals surface area contributed by atoms with E-state index in [9.17, 15) is 4.79 Å². The predicted molar refractivity (Wildman–Crippen MR) is 88.2 cm³/mol. The second-order valence-electron chi connectivity index (χ2n) is 5.51. The summed E-state index contributed by atoms with van der Waals surface area (Å²) in [4.78, 5) is 12.2. The van der Waals surface area contributed by atoms with Crippen LogP contribution in [0.15, 0.2) is 42.5 Å². The largest absolute Gasteiger partial charge is 0.349 e. The third-order valence-electron chi connectivity index (χ3n) is 3.80. The first kappa shape index (κ1) is 15.5. The van der Waals surface area contributed by atoms with Gasteiger partial charge in [0.15, 0.2) is 0 Å². The Kier molecular flexibility index (Phi) is 5.34. The lowest BCUT2D eigenvalue weighted by molar-refractivity contribution is -0.125. The van der Waals surface area contributed by atoms with Gasteiger partial charge in [-0.25, -0.2) is 0 Å². The highest BCUT2D eigenvalue weighted by molar-refractivity contribution is 5.87. The number of carbonyl (C=O) groups excluding carboxylic acids is 1. The lowest BCUT2D eigenvalue weighted by Gasteiger charge is -2.19. The lowest BCUT2D eigenvalue weighted by Crippen LogP contribution is -2.36. The lowest BCUT2D eigenvalue weighted by atomic mass is 9.99. The number of rotatable bonds is 6. The minimum atomic E-state index is -0.0256. The van der Waals surface area contributed by atoms with Gasteiger partial charge in [0.1, 0.15) is 0 Å². The third kappa shape index (κ3) is 3.82. The summed E-state index contributed by atoms with van der Waals surface area (Å²) < 4.78 is 0. The smallest absolute Gasteiger partial charge is 0.224 e. The van der Waals surface area contributed by atoms with Gasteiger partial charge in [-0.15, -0.1) is 0 Å². The summed E-state index contributed by atoms with van der Waals surface area (Å²) in [6.07, 6.45) is 0. The van der Waals surface area contributed by atoms with Gasteiger partial charge in [-0.05, 0) is 29.8 Å². The first-order valence-electron chi connectivity index (χ1n) is 7.62. The minimum absolute atomic E-state index is 0.00711. The van der Waals surface area contributed by atoms with Crippen molar-refractivity contribution in [3.05, 3.63) is 48.0 Å². The average Bonchev–Trinajstić information content (AvgIpc) is 2.51. The van der Waals surface area contributed by atoms with Crippen LogP contribution in [0.2, 0.25) is 0 Å². The Labute approximate surface area is 126 Å². The van der Waals surface area contributed by atoms with E-state index < -0.39 is 0 Å². The molecule has 1 amide bonds. The Balaban J connectivity index is 2.12. The van der Waals surface area contributed by atoms with Crippen LogP contribution < -0.4 is 10.6 Å². The topological polar surface area (TPSA) is 41.1 Å². The van der Waals surface area contributed by atoms with Crippen molar-refractivity contribution in [1.29, 1.82) is 0 Å². The van der Waals surface area contributed by atoms with E-state index in [1.807, 2.05) is 39.0 Å². The van der Waals surface area contributed by atoms with Crippen LogP contribution in [0.1, 0.15) is 32.4 Å². The number of fused-ring (bicyclic) bond motifs is 1. The molecule has 0 aliphatic heterocycles. The van der Waals surface area contributed by atoms with Gasteiger partial charge in [0, 0.05) is 12.5 Å². The van der Waals surface area contributed by atoms with Crippen molar-refractivity contribution in [3.63, 3.8) is 0 Å². The van der Waals surface area contributed by atoms with Crippen LogP contribution in [0.5, 0.6) is 0 Å². The van der Waals surface area contributed by atoms with Crippen LogP contribution in [0, 0.1) is 5.92 Å². The zero-order chi connectivity index (χ0) is 15.2. The number of hydrogen-bond donors (Lipinski definition) is 2. The molecule has 2 aromatic carbocycles. The van der Waals surface area contributed by atoms with E-state index in [1.165, 1.54) is 10.8 Å². The molecule has 0 aliphatic rings. The quantitative estimate of drug-likeness (QED) is 0.855. The van der Waals surface area contributed by atoms with Crippen LogP contribution in [0.25, 0.3) is 10.8 Å². The molecule has 0 fully saturated rings. The highest BCUT2D eigenvalue weighted by atomic mass is 16.1. The van der Waals surface area contributed by atoms with E-state index in [1.54, 1.807) is 0 Å². The van der Waals surface area contributed by atoms with Crippen molar-refractivity contribution in [1.82, 2.24) is 10.6 Å². The zero-order valence-electron chi connectivity index (χ0n) is 13.0. The Morgan fingerprint density at radius 1 is 1.10 bits per heavy atom. The van der Waals surface area contributed by atoms with Gasteiger partial charge >= 0.3 is 0 Å². The summed E-state index contributed by atoms with van der Waals surface area (Å²) in [6.45, 7) is 7.64. The number of hydrogen-bond acceptors (Lipinski definition) is 2. The predicted octanol–water partition coefficient (Wildman–Crippen LogP) is 3.26. The normalized spacial score (nSPS) is 13.9. The van der Waals surface area contributed by atoms with Gasteiger partial charge in [-0.2, -0.15) is 0 Å². The summed E-state index contributed by atoms with van der Waals surface area (Å²) in [5.74, 6) is 0.0683. The number of benzene rings is 2. The monoisotopic (exact) mass is 284 g/mol. The van der Waals surface area contributed by atoms with E-state index in [2.05, 4.69) is 34.9 Å². The molecule has 2 atom stereocenters. The summed E-state index contributed by atoms with van der Waals surface area (Å²) in [5, 5.41) is 8.74. The van der Waals surface area contributed by atoms with Crippen molar-refractivity contribution in [2.45, 2.75) is 26.8 Å². The van der Waals surface area contributed by atoms with Crippen LogP contribution in [-0.2, 0) is 4.79 Å². The van der Waals surface area contributed by atoms with Gasteiger partial charge in [0.2, 0.25) is 5.91 Å². The molecule has 2 rings (SSSR count). The van der Waals surface area contributed by atoms with E-state index >= 15 is 0 Å². The molecule has 0 aliphatic carbocycles. The average molecular weight is 284 g/mol. The van der Waals surface area contributed by atoms with Crippen molar-refractivity contribution >= 4 is 16.7 Å². The Morgan fingerprint density at radius 3 is 2.57 bits per heavy atom. The highest BCUT2D eigenvalue weighted by Gasteiger charge is 2.16. The molecule has 0 bridgehead atoms. The first-order chi connectivity index (χ1) is 10.1. The third-order valence-corrected chi connectivity index (χ3v) is 3.80. The van der Waals surface area contributed by atoms with E-state index in [4.69, 9.17) is 0 Å². The van der Waals surface area contributed by atoms with Crippen LogP contribution in [0.3, 0.4) is 0 Å². The standard InChI is InChI=1S/C18H24N2O/c1-4-19-12-13(2)18(21)20-14(3)16-11-7-9-15-8-5-6-10-17(15)16/h5-11,13-14,19H,4,12H2,1-3H3,(H,20,21). The maximum absolute atomic E-state index is 12.2. The van der Waals surface area contributed by atoms with E-state index in [-0.39, 0.29) is 17.9 Å². The molecule has 0 heterocycles. The second-order valence-corrected chi connectivity index (χ2v) is 5.51. The number of carbonyl (C=O) groups is 1. The molecular formula is C18H24N2O. The first-order valence-corrected chi connectivity index (χ1v) is 7.62. The molecule has 0 saturated carbocycles. The van der Waals surface area contributed by atoms with Crippen LogP contribution in [-0.4, -0.2) is 19.0 Å². The van der Waals surface area contributed by atoms with Crippen molar-refractivity contribution in [2.24, 2.45) is 5.92 Å². The van der Waals surface area contributed by atoms with Crippen LogP contribution >= 0.6 is 0 Å². The molecule has 0 aromatic heterocycles. The van der Waals surface area contributed by atoms with Crippen LogP contribution in [0.4, 0.5) is 0 Å². The SMILES string of the molecule is CCNCC(C)C(=O)NC(C)c1cccc2ccccc12. The fourth-order valence-corrected chi connectivity index (χ4v) is 2.51. The Bertz CT molecular complexity index is 604. The fraction of sp³-hybridized carbons (Fsp3) is 0.389. The maximum Gasteiger partial charge on any atom is 0.224 e. The fourth-order valence-electron chi connectivity index (χ4n) is 2.51. The van der Waals surface area contributed by atoms with Gasteiger partial charge in [0.25, 0.3) is 0 Å². The van der Waals surface area contributed by atoms with Crippen molar-refractivity contribution in [2.75, 3.05) is 13.1 Å². The van der Waals surface area contributed by atoms with Crippen molar-refractivity contribution in [3.8, 4) is 0 Å². The molecule has 3 nitrogen and oxygen atoms in total. The summed E-state index contributed by atoms with van der Waals surface area (Å²) in [5.41, 5.74) is 1.16. The molecular weight excluding hydrogens is 260 g/mol. The minimum Gasteiger partial charge on any atom is -0.349 e. The molecule has 2 unspecified atom stereocenters. The van der Waals surface area contributed by atoms with Gasteiger partial charge in [-0.1, -0.05) is 56.3 Å². The molecule has 112 valence electrons. The molecule has 2 N–H and O–H groups in total. The molecule has 21 heavy (non-hydrogen) atoms. The zero-order valence-corrected chi connectivity index (χ0v) is 13.0. The molecule has 2 aromatic rings. The molecule has 0 spiro atoms. The van der Waals surface area contributed by atoms with E-state index in [0.717, 1.165) is 12.1 Å². The Hall–Kier alpha value is -1.87. The van der Waals surface area contributed by atoms with E-state index in [0.29, 0.717) is 6.54 Å². The summed E-state index contributed by atoms with van der Waals surface area (Å²) >= 11 is 0. The Morgan fingerprint density at radius 2 is 1.81 bits per heavy atom. The molecule has 0 saturated heterocycles. The van der Waals surface area contributed by atoms with Gasteiger partial charge < -0.3 is 10.6 Å². The maximum atomic E-state index is 12.2.